The average molecular weight is 402 g/mol. The summed E-state index contributed by atoms with van der Waals surface area (Å²) in [5, 5.41) is 0. The Kier molecular flexibility index (Phi) is 7.00. The summed E-state index contributed by atoms with van der Waals surface area (Å²) >= 11 is 0. The second kappa shape index (κ2) is 10.1. The normalized spacial score (nSPS) is 10.6. The van der Waals surface area contributed by atoms with Crippen molar-refractivity contribution in [1.29, 1.82) is 0 Å². The standard InChI is InChI=1S/C25H22O5/c1-28-22-14-13-19(16-23(22)29-2)25(27)21-11-7-6-10-20(21)17-30-24(26)15-12-18-8-4-3-5-9-18/h3-16H,17H2,1-2H3/b15-12-. The van der Waals surface area contributed by atoms with E-state index in [4.69, 9.17) is 14.2 Å². The number of rotatable bonds is 8. The number of methoxy groups -OCH3 is 2. The number of esters is 1. The SMILES string of the molecule is COc1ccc(C(=O)c2ccccc2COC(=O)/C=C\c2ccccc2)cc1OC. The molecule has 3 aromatic rings. The molecule has 0 N–H and O–H groups in total. The minimum Gasteiger partial charge on any atom is -0.493 e. The Hall–Kier alpha value is -3.86. The van der Waals surface area contributed by atoms with Crippen molar-refractivity contribution in [1.82, 2.24) is 0 Å². The number of carbonyl (C=O) groups excluding carboxylic acids is 2. The number of hydrogen-bond acceptors (Lipinski definition) is 5. The van der Waals surface area contributed by atoms with Crippen LogP contribution in [0, 0.1) is 0 Å². The molecule has 152 valence electrons. The molecule has 0 bridgehead atoms. The van der Waals surface area contributed by atoms with E-state index in [9.17, 15) is 9.59 Å². The summed E-state index contributed by atoms with van der Waals surface area (Å²) in [4.78, 5) is 25.1. The van der Waals surface area contributed by atoms with Gasteiger partial charge in [0.15, 0.2) is 17.3 Å². The topological polar surface area (TPSA) is 61.8 Å². The Morgan fingerprint density at radius 3 is 2.27 bits per heavy atom. The Balaban J connectivity index is 1.73. The highest BCUT2D eigenvalue weighted by atomic mass is 16.5. The van der Waals surface area contributed by atoms with Crippen LogP contribution in [0.25, 0.3) is 6.08 Å². The van der Waals surface area contributed by atoms with Crippen molar-refractivity contribution in [2.75, 3.05) is 14.2 Å². The molecule has 0 fully saturated rings. The number of ether oxygens (including phenoxy) is 3. The monoisotopic (exact) mass is 402 g/mol. The first-order valence-electron chi connectivity index (χ1n) is 9.37. The fraction of sp³-hybridized carbons (Fsp3) is 0.120. The van der Waals surface area contributed by atoms with Gasteiger partial charge in [0.1, 0.15) is 6.61 Å². The summed E-state index contributed by atoms with van der Waals surface area (Å²) in [6.45, 7) is -0.00678. The maximum Gasteiger partial charge on any atom is 0.331 e. The van der Waals surface area contributed by atoms with Gasteiger partial charge in [0.05, 0.1) is 14.2 Å². The first-order valence-corrected chi connectivity index (χ1v) is 9.37. The van der Waals surface area contributed by atoms with E-state index in [1.807, 2.05) is 30.3 Å². The predicted octanol–water partition coefficient (Wildman–Crippen LogP) is 4.69. The lowest BCUT2D eigenvalue weighted by Gasteiger charge is -2.11. The number of carbonyl (C=O) groups is 2. The van der Waals surface area contributed by atoms with Gasteiger partial charge in [0.2, 0.25) is 0 Å². The number of hydrogen-bond donors (Lipinski definition) is 0. The van der Waals surface area contributed by atoms with E-state index >= 15 is 0 Å². The Bertz CT molecular complexity index is 1050. The lowest BCUT2D eigenvalue weighted by atomic mass is 9.98. The van der Waals surface area contributed by atoms with E-state index in [0.717, 1.165) is 5.56 Å². The Morgan fingerprint density at radius 1 is 0.833 bits per heavy atom. The molecule has 0 saturated heterocycles. The molecule has 0 heterocycles. The molecule has 0 atom stereocenters. The first-order chi connectivity index (χ1) is 14.6. The zero-order valence-corrected chi connectivity index (χ0v) is 16.8. The van der Waals surface area contributed by atoms with E-state index in [1.54, 1.807) is 48.5 Å². The molecule has 30 heavy (non-hydrogen) atoms. The summed E-state index contributed by atoms with van der Waals surface area (Å²) in [5.41, 5.74) is 2.44. The molecule has 3 aromatic carbocycles. The third-order valence-corrected chi connectivity index (χ3v) is 4.49. The average Bonchev–Trinajstić information content (AvgIpc) is 2.81. The van der Waals surface area contributed by atoms with Gasteiger partial charge in [-0.05, 0) is 29.8 Å². The van der Waals surface area contributed by atoms with Crippen LogP contribution in [0.5, 0.6) is 11.5 Å². The highest BCUT2D eigenvalue weighted by molar-refractivity contribution is 6.10. The highest BCUT2D eigenvalue weighted by Gasteiger charge is 2.16. The quantitative estimate of drug-likeness (QED) is 0.311. The molecule has 0 aliphatic carbocycles. The third-order valence-electron chi connectivity index (χ3n) is 4.49. The van der Waals surface area contributed by atoms with Gasteiger partial charge in [0.25, 0.3) is 0 Å². The van der Waals surface area contributed by atoms with E-state index in [2.05, 4.69) is 0 Å². The zero-order chi connectivity index (χ0) is 21.3. The van der Waals surface area contributed by atoms with Gasteiger partial charge in [-0.1, -0.05) is 54.6 Å². The molecule has 0 unspecified atom stereocenters. The summed E-state index contributed by atoms with van der Waals surface area (Å²) in [7, 11) is 3.05. The molecule has 5 nitrogen and oxygen atoms in total. The largest absolute Gasteiger partial charge is 0.493 e. The molecular formula is C25H22O5. The van der Waals surface area contributed by atoms with Gasteiger partial charge in [-0.2, -0.15) is 0 Å². The van der Waals surface area contributed by atoms with Crippen molar-refractivity contribution < 1.29 is 23.8 Å². The van der Waals surface area contributed by atoms with Crippen LogP contribution in [-0.4, -0.2) is 26.0 Å². The molecular weight excluding hydrogens is 380 g/mol. The van der Waals surface area contributed by atoms with Gasteiger partial charge >= 0.3 is 5.97 Å². The molecule has 3 rings (SSSR count). The second-order valence-electron chi connectivity index (χ2n) is 6.41. The maximum atomic E-state index is 13.0. The lowest BCUT2D eigenvalue weighted by Crippen LogP contribution is -2.09. The molecule has 0 spiro atoms. The molecule has 0 aromatic heterocycles. The van der Waals surface area contributed by atoms with Crippen LogP contribution in [0.2, 0.25) is 0 Å². The fourth-order valence-electron chi connectivity index (χ4n) is 2.93. The van der Waals surface area contributed by atoms with Crippen molar-refractivity contribution in [3.05, 3.63) is 101 Å². The van der Waals surface area contributed by atoms with Crippen LogP contribution in [0.3, 0.4) is 0 Å². The van der Waals surface area contributed by atoms with Crippen LogP contribution in [0.4, 0.5) is 0 Å². The lowest BCUT2D eigenvalue weighted by molar-refractivity contribution is -0.138. The molecule has 0 saturated carbocycles. The summed E-state index contributed by atoms with van der Waals surface area (Å²) < 4.78 is 15.8. The molecule has 0 amide bonds. The van der Waals surface area contributed by atoms with Crippen molar-refractivity contribution in [3.63, 3.8) is 0 Å². The van der Waals surface area contributed by atoms with Gasteiger partial charge in [-0.3, -0.25) is 4.79 Å². The minimum atomic E-state index is -0.479. The second-order valence-corrected chi connectivity index (χ2v) is 6.41. The molecule has 0 aliphatic heterocycles. The number of benzene rings is 3. The molecule has 0 radical (unpaired) electrons. The van der Waals surface area contributed by atoms with Gasteiger partial charge in [-0.15, -0.1) is 0 Å². The maximum absolute atomic E-state index is 13.0. The van der Waals surface area contributed by atoms with Gasteiger partial charge in [0, 0.05) is 22.8 Å². The van der Waals surface area contributed by atoms with E-state index in [1.165, 1.54) is 20.3 Å². The highest BCUT2D eigenvalue weighted by Crippen LogP contribution is 2.29. The van der Waals surface area contributed by atoms with E-state index in [0.29, 0.717) is 28.2 Å². The summed E-state index contributed by atoms with van der Waals surface area (Å²) in [6.07, 6.45) is 3.05. The molecule has 5 heteroatoms. The van der Waals surface area contributed by atoms with Crippen molar-refractivity contribution in [3.8, 4) is 11.5 Å². The van der Waals surface area contributed by atoms with Crippen LogP contribution in [0.1, 0.15) is 27.0 Å². The fourth-order valence-corrected chi connectivity index (χ4v) is 2.93. The summed E-state index contributed by atoms with van der Waals surface area (Å²) in [5.74, 6) is 0.342. The van der Waals surface area contributed by atoms with Crippen LogP contribution in [-0.2, 0) is 16.1 Å². The van der Waals surface area contributed by atoms with Crippen molar-refractivity contribution in [2.24, 2.45) is 0 Å². The minimum absolute atomic E-state index is 0.00678. The number of ketones is 1. The molecule has 0 aliphatic rings. The smallest absolute Gasteiger partial charge is 0.331 e. The van der Waals surface area contributed by atoms with Crippen LogP contribution >= 0.6 is 0 Å². The zero-order valence-electron chi connectivity index (χ0n) is 16.8. The van der Waals surface area contributed by atoms with Gasteiger partial charge in [-0.25, -0.2) is 4.79 Å². The third kappa shape index (κ3) is 5.14. The van der Waals surface area contributed by atoms with Crippen LogP contribution < -0.4 is 9.47 Å². The van der Waals surface area contributed by atoms with E-state index < -0.39 is 5.97 Å². The van der Waals surface area contributed by atoms with Crippen LogP contribution in [0.15, 0.2) is 78.9 Å². The van der Waals surface area contributed by atoms with E-state index in [-0.39, 0.29) is 12.4 Å². The predicted molar refractivity (Wildman–Crippen MR) is 115 cm³/mol. The summed E-state index contributed by atoms with van der Waals surface area (Å²) in [6, 6.07) is 21.5. The Morgan fingerprint density at radius 2 is 1.53 bits per heavy atom. The van der Waals surface area contributed by atoms with Gasteiger partial charge < -0.3 is 14.2 Å². The first kappa shape index (κ1) is 20.9. The van der Waals surface area contributed by atoms with Crippen molar-refractivity contribution >= 4 is 17.8 Å². The Labute approximate surface area is 175 Å². The van der Waals surface area contributed by atoms with Crippen molar-refractivity contribution in [2.45, 2.75) is 6.61 Å².